The SMILES string of the molecule is COC(=O)C12C[C@H]3C[C@@H](C1)CC(C(C)(C)O)(C3)C2. The van der Waals surface area contributed by atoms with Crippen LogP contribution in [0.15, 0.2) is 0 Å². The van der Waals surface area contributed by atoms with Crippen LogP contribution in [0.2, 0.25) is 0 Å². The second kappa shape index (κ2) is 3.50. The molecule has 3 heteroatoms. The maximum atomic E-state index is 12.2. The minimum atomic E-state index is -0.690. The topological polar surface area (TPSA) is 46.5 Å². The summed E-state index contributed by atoms with van der Waals surface area (Å²) in [7, 11) is 1.50. The van der Waals surface area contributed by atoms with E-state index in [2.05, 4.69) is 0 Å². The molecule has 4 atom stereocenters. The first-order valence-electron chi connectivity index (χ1n) is 7.11. The first-order valence-corrected chi connectivity index (χ1v) is 7.11. The summed E-state index contributed by atoms with van der Waals surface area (Å²) < 4.78 is 5.07. The Hall–Kier alpha value is -0.570. The van der Waals surface area contributed by atoms with Crippen molar-refractivity contribution in [2.45, 2.75) is 58.0 Å². The highest BCUT2D eigenvalue weighted by atomic mass is 16.5. The lowest BCUT2D eigenvalue weighted by Gasteiger charge is -2.64. The molecule has 0 radical (unpaired) electrons. The quantitative estimate of drug-likeness (QED) is 0.768. The first kappa shape index (κ1) is 12.5. The fourth-order valence-corrected chi connectivity index (χ4v) is 5.43. The Bertz CT molecular complexity index is 366. The number of rotatable bonds is 2. The van der Waals surface area contributed by atoms with E-state index >= 15 is 0 Å². The molecule has 0 aromatic heterocycles. The maximum absolute atomic E-state index is 12.2. The molecule has 4 saturated carbocycles. The fourth-order valence-electron chi connectivity index (χ4n) is 5.43. The van der Waals surface area contributed by atoms with Crippen LogP contribution in [0.3, 0.4) is 0 Å². The summed E-state index contributed by atoms with van der Waals surface area (Å²) >= 11 is 0. The molecular weight excluding hydrogens is 228 g/mol. The van der Waals surface area contributed by atoms with Gasteiger partial charge in [-0.15, -0.1) is 0 Å². The number of hydrogen-bond donors (Lipinski definition) is 1. The van der Waals surface area contributed by atoms with Gasteiger partial charge in [-0.25, -0.2) is 0 Å². The van der Waals surface area contributed by atoms with Gasteiger partial charge < -0.3 is 9.84 Å². The molecule has 0 spiro atoms. The van der Waals surface area contributed by atoms with Gasteiger partial charge in [0, 0.05) is 5.41 Å². The lowest BCUT2D eigenvalue weighted by molar-refractivity contribution is -0.207. The molecule has 4 bridgehead atoms. The lowest BCUT2D eigenvalue weighted by Crippen LogP contribution is -2.61. The Kier molecular flexibility index (Phi) is 2.42. The van der Waals surface area contributed by atoms with Crippen LogP contribution in [0.25, 0.3) is 0 Å². The Balaban J connectivity index is 2.00. The lowest BCUT2D eigenvalue weighted by atomic mass is 9.41. The second-order valence-electron chi connectivity index (χ2n) is 7.57. The van der Waals surface area contributed by atoms with Gasteiger partial charge in [0.1, 0.15) is 0 Å². The molecule has 0 amide bonds. The zero-order valence-electron chi connectivity index (χ0n) is 11.7. The van der Waals surface area contributed by atoms with Gasteiger partial charge in [0.15, 0.2) is 0 Å². The summed E-state index contributed by atoms with van der Waals surface area (Å²) in [4.78, 5) is 12.2. The molecule has 4 rings (SSSR count). The van der Waals surface area contributed by atoms with Crippen molar-refractivity contribution in [3.05, 3.63) is 0 Å². The van der Waals surface area contributed by atoms with E-state index in [1.165, 1.54) is 13.5 Å². The molecule has 3 nitrogen and oxygen atoms in total. The molecule has 18 heavy (non-hydrogen) atoms. The molecule has 0 aromatic carbocycles. The minimum absolute atomic E-state index is 0.0368. The third-order valence-corrected chi connectivity index (χ3v) is 5.98. The van der Waals surface area contributed by atoms with Gasteiger partial charge in [-0.3, -0.25) is 4.79 Å². The van der Waals surface area contributed by atoms with E-state index in [1.54, 1.807) is 0 Å². The zero-order chi connectivity index (χ0) is 13.2. The number of esters is 1. The standard InChI is InChI=1S/C15H24O3/c1-13(2,17)15-7-10-4-11(8-15)6-14(5-10,9-15)12(16)18-3/h10-11,17H,4-9H2,1-3H3/t10-,11+,14?,15?. The average molecular weight is 252 g/mol. The molecule has 0 heterocycles. The molecule has 4 fully saturated rings. The number of carbonyl (C=O) groups excluding carboxylic acids is 1. The van der Waals surface area contributed by atoms with Crippen molar-refractivity contribution in [2.75, 3.05) is 7.11 Å². The van der Waals surface area contributed by atoms with Crippen LogP contribution in [0, 0.1) is 22.7 Å². The number of ether oxygens (including phenoxy) is 1. The normalized spacial score (nSPS) is 46.2. The van der Waals surface area contributed by atoms with Gasteiger partial charge in [0.2, 0.25) is 0 Å². The van der Waals surface area contributed by atoms with Crippen molar-refractivity contribution >= 4 is 5.97 Å². The van der Waals surface area contributed by atoms with Crippen LogP contribution >= 0.6 is 0 Å². The molecule has 4 aliphatic carbocycles. The number of carbonyl (C=O) groups is 1. The summed E-state index contributed by atoms with van der Waals surface area (Å²) in [6, 6.07) is 0. The smallest absolute Gasteiger partial charge is 0.311 e. The van der Waals surface area contributed by atoms with Crippen molar-refractivity contribution in [2.24, 2.45) is 22.7 Å². The van der Waals surface area contributed by atoms with Crippen molar-refractivity contribution in [3.63, 3.8) is 0 Å². The van der Waals surface area contributed by atoms with Crippen LogP contribution in [-0.4, -0.2) is 23.8 Å². The monoisotopic (exact) mass is 252 g/mol. The van der Waals surface area contributed by atoms with Crippen molar-refractivity contribution in [1.29, 1.82) is 0 Å². The third-order valence-electron chi connectivity index (χ3n) is 5.98. The third kappa shape index (κ3) is 1.49. The van der Waals surface area contributed by atoms with Crippen LogP contribution in [0.4, 0.5) is 0 Å². The summed E-state index contributed by atoms with van der Waals surface area (Å²) in [6.07, 6.45) is 6.21. The van der Waals surface area contributed by atoms with E-state index < -0.39 is 5.60 Å². The second-order valence-corrected chi connectivity index (χ2v) is 7.57. The van der Waals surface area contributed by atoms with Gasteiger partial charge in [0.25, 0.3) is 0 Å². The van der Waals surface area contributed by atoms with Crippen LogP contribution in [-0.2, 0) is 9.53 Å². The number of methoxy groups -OCH3 is 1. The fraction of sp³-hybridized carbons (Fsp3) is 0.933. The van der Waals surface area contributed by atoms with Gasteiger partial charge in [0.05, 0.1) is 18.1 Å². The van der Waals surface area contributed by atoms with Gasteiger partial charge in [-0.1, -0.05) is 0 Å². The van der Waals surface area contributed by atoms with Gasteiger partial charge in [-0.2, -0.15) is 0 Å². The first-order chi connectivity index (χ1) is 8.30. The molecule has 0 saturated heterocycles. The molecular formula is C15H24O3. The predicted octanol–water partition coefficient (Wildman–Crippen LogP) is 2.52. The summed E-state index contributed by atoms with van der Waals surface area (Å²) in [5, 5.41) is 10.6. The summed E-state index contributed by atoms with van der Waals surface area (Å²) in [6.45, 7) is 3.84. The largest absolute Gasteiger partial charge is 0.469 e. The zero-order valence-corrected chi connectivity index (χ0v) is 11.7. The molecule has 2 unspecified atom stereocenters. The summed E-state index contributed by atoms with van der Waals surface area (Å²) in [5.74, 6) is 1.18. The van der Waals surface area contributed by atoms with Crippen LogP contribution in [0.1, 0.15) is 52.4 Å². The molecule has 102 valence electrons. The van der Waals surface area contributed by atoms with E-state index in [0.717, 1.165) is 32.1 Å². The van der Waals surface area contributed by atoms with E-state index in [0.29, 0.717) is 11.8 Å². The highest BCUT2D eigenvalue weighted by Crippen LogP contribution is 2.68. The summed E-state index contributed by atoms with van der Waals surface area (Å²) in [5.41, 5.74) is -1.05. The molecule has 4 aliphatic rings. The van der Waals surface area contributed by atoms with E-state index in [-0.39, 0.29) is 16.8 Å². The highest BCUT2D eigenvalue weighted by molar-refractivity contribution is 5.77. The average Bonchev–Trinajstić information content (AvgIpc) is 2.24. The minimum Gasteiger partial charge on any atom is -0.469 e. The van der Waals surface area contributed by atoms with Crippen LogP contribution < -0.4 is 0 Å². The van der Waals surface area contributed by atoms with Crippen molar-refractivity contribution in [1.82, 2.24) is 0 Å². The Morgan fingerprint density at radius 1 is 1.22 bits per heavy atom. The Morgan fingerprint density at radius 2 is 1.78 bits per heavy atom. The Morgan fingerprint density at radius 3 is 2.22 bits per heavy atom. The Labute approximate surface area is 109 Å². The molecule has 0 aromatic rings. The predicted molar refractivity (Wildman–Crippen MR) is 67.9 cm³/mol. The van der Waals surface area contributed by atoms with Gasteiger partial charge in [-0.05, 0) is 64.2 Å². The van der Waals surface area contributed by atoms with E-state index in [1.807, 2.05) is 13.8 Å². The number of hydrogen-bond acceptors (Lipinski definition) is 3. The van der Waals surface area contributed by atoms with E-state index in [9.17, 15) is 9.90 Å². The van der Waals surface area contributed by atoms with Crippen molar-refractivity contribution < 1.29 is 14.6 Å². The van der Waals surface area contributed by atoms with Crippen LogP contribution in [0.5, 0.6) is 0 Å². The van der Waals surface area contributed by atoms with Gasteiger partial charge >= 0.3 is 5.97 Å². The highest BCUT2D eigenvalue weighted by Gasteiger charge is 2.64. The van der Waals surface area contributed by atoms with E-state index in [4.69, 9.17) is 4.74 Å². The molecule has 1 N–H and O–H groups in total. The van der Waals surface area contributed by atoms with Crippen molar-refractivity contribution in [3.8, 4) is 0 Å². The maximum Gasteiger partial charge on any atom is 0.311 e. The number of aliphatic hydroxyl groups is 1. The molecule has 0 aliphatic heterocycles.